The molecule has 0 spiro atoms. The van der Waals surface area contributed by atoms with Crippen molar-refractivity contribution in [1.82, 2.24) is 20.0 Å². The molecule has 2 saturated heterocycles. The largest absolute Gasteiger partial charge is 0.303 e. The van der Waals surface area contributed by atoms with Crippen molar-refractivity contribution >= 4 is 22.7 Å². The number of imide groups is 1. The lowest BCUT2D eigenvalue weighted by atomic mass is 9.86. The third-order valence-electron chi connectivity index (χ3n) is 8.02. The van der Waals surface area contributed by atoms with Gasteiger partial charge in [-0.3, -0.25) is 19.6 Å². The van der Waals surface area contributed by atoms with Gasteiger partial charge in [-0.1, -0.05) is 50.3 Å². The molecule has 1 aromatic heterocycles. The number of piperidine rings is 1. The van der Waals surface area contributed by atoms with Crippen LogP contribution in [-0.4, -0.2) is 46.1 Å². The predicted molar refractivity (Wildman–Crippen MR) is 125 cm³/mol. The summed E-state index contributed by atoms with van der Waals surface area (Å²) in [7, 11) is 1.98. The minimum atomic E-state index is -0.341. The molecule has 3 fully saturated rings. The highest BCUT2D eigenvalue weighted by atomic mass is 16.2. The SMILES string of the molecule is Cn1nc(C2CCC(=O)NC2=O)c2cccc([C@@H]3CCN(CCCC4CCCCC4)C3)c21. The number of carbonyl (C=O) groups is 2. The topological polar surface area (TPSA) is 67.2 Å². The van der Waals surface area contributed by atoms with Gasteiger partial charge in [-0.25, -0.2) is 0 Å². The second kappa shape index (κ2) is 9.34. The van der Waals surface area contributed by atoms with Gasteiger partial charge in [0.1, 0.15) is 0 Å². The number of hydrogen-bond donors (Lipinski definition) is 1. The quantitative estimate of drug-likeness (QED) is 0.688. The number of aromatic nitrogens is 2. The van der Waals surface area contributed by atoms with E-state index in [1.807, 2.05) is 11.7 Å². The van der Waals surface area contributed by atoms with Crippen LogP contribution in [0.1, 0.15) is 87.3 Å². The fraction of sp³-hybridized carbons (Fsp3) is 0.654. The number of likely N-dealkylation sites (tertiary alicyclic amines) is 1. The normalized spacial score (nSPS) is 25.5. The summed E-state index contributed by atoms with van der Waals surface area (Å²) in [4.78, 5) is 26.7. The number of fused-ring (bicyclic) bond motifs is 1. The number of carbonyl (C=O) groups excluding carboxylic acids is 2. The lowest BCUT2D eigenvalue weighted by Crippen LogP contribution is -2.39. The molecule has 0 radical (unpaired) electrons. The Hall–Kier alpha value is -2.21. The van der Waals surface area contributed by atoms with Crippen LogP contribution in [0.2, 0.25) is 0 Å². The van der Waals surface area contributed by atoms with E-state index in [1.165, 1.54) is 70.0 Å². The molecule has 3 heterocycles. The van der Waals surface area contributed by atoms with Crippen molar-refractivity contribution in [1.29, 1.82) is 0 Å². The van der Waals surface area contributed by atoms with Crippen LogP contribution in [0.4, 0.5) is 0 Å². The van der Waals surface area contributed by atoms with E-state index in [2.05, 4.69) is 28.4 Å². The van der Waals surface area contributed by atoms with Gasteiger partial charge in [0.25, 0.3) is 0 Å². The molecule has 6 nitrogen and oxygen atoms in total. The van der Waals surface area contributed by atoms with Crippen LogP contribution < -0.4 is 5.32 Å². The Morgan fingerprint density at radius 2 is 1.94 bits per heavy atom. The summed E-state index contributed by atoms with van der Waals surface area (Å²) in [6.07, 6.45) is 12.0. The van der Waals surface area contributed by atoms with E-state index < -0.39 is 0 Å². The molecule has 2 amide bonds. The van der Waals surface area contributed by atoms with Crippen molar-refractivity contribution < 1.29 is 9.59 Å². The Balaban J connectivity index is 1.28. The first-order chi connectivity index (χ1) is 15.6. The number of rotatable bonds is 6. The average Bonchev–Trinajstić information content (AvgIpc) is 3.39. The van der Waals surface area contributed by atoms with Gasteiger partial charge < -0.3 is 4.90 Å². The third kappa shape index (κ3) is 4.34. The Labute approximate surface area is 190 Å². The summed E-state index contributed by atoms with van der Waals surface area (Å²) in [5, 5.41) is 8.32. The summed E-state index contributed by atoms with van der Waals surface area (Å²) >= 11 is 0. The highest BCUT2D eigenvalue weighted by Gasteiger charge is 2.33. The van der Waals surface area contributed by atoms with Crippen LogP contribution >= 0.6 is 0 Å². The molecular formula is C26H36N4O2. The molecule has 5 rings (SSSR count). The molecule has 1 saturated carbocycles. The molecule has 2 aromatic rings. The zero-order chi connectivity index (χ0) is 22.1. The van der Waals surface area contributed by atoms with Gasteiger partial charge in [-0.2, -0.15) is 5.10 Å². The maximum Gasteiger partial charge on any atom is 0.235 e. The molecule has 172 valence electrons. The van der Waals surface area contributed by atoms with Gasteiger partial charge in [0.15, 0.2) is 0 Å². The van der Waals surface area contributed by atoms with E-state index in [0.717, 1.165) is 29.1 Å². The summed E-state index contributed by atoms with van der Waals surface area (Å²) in [5.74, 6) is 0.749. The lowest BCUT2D eigenvalue weighted by Gasteiger charge is -2.23. The van der Waals surface area contributed by atoms with Gasteiger partial charge in [0.05, 0.1) is 17.1 Å². The van der Waals surface area contributed by atoms with Crippen molar-refractivity contribution in [2.45, 2.75) is 76.0 Å². The second-order valence-electron chi connectivity index (χ2n) is 10.2. The Bertz CT molecular complexity index is 991. The van der Waals surface area contributed by atoms with Crippen LogP contribution in [0.25, 0.3) is 10.9 Å². The number of nitrogens with zero attached hydrogens (tertiary/aromatic N) is 3. The number of benzene rings is 1. The van der Waals surface area contributed by atoms with Gasteiger partial charge in [0.2, 0.25) is 11.8 Å². The van der Waals surface area contributed by atoms with Crippen LogP contribution in [0.15, 0.2) is 18.2 Å². The van der Waals surface area contributed by atoms with Crippen molar-refractivity contribution in [2.24, 2.45) is 13.0 Å². The Morgan fingerprint density at radius 3 is 2.75 bits per heavy atom. The zero-order valence-electron chi connectivity index (χ0n) is 19.3. The molecule has 1 aliphatic carbocycles. The van der Waals surface area contributed by atoms with Gasteiger partial charge in [0, 0.05) is 25.4 Å². The first-order valence-corrected chi connectivity index (χ1v) is 12.6. The number of amides is 2. The molecule has 0 bridgehead atoms. The van der Waals surface area contributed by atoms with Crippen molar-refractivity contribution in [2.75, 3.05) is 19.6 Å². The standard InChI is InChI=1S/C26H36N4O2/c1-29-25-20(19-14-16-30(17-19)15-6-9-18-7-3-2-4-8-18)10-5-11-21(25)24(28-29)22-12-13-23(31)27-26(22)32/h5,10-11,18-19,22H,2-4,6-9,12-17H2,1H3,(H,27,31,32)/t19-,22?/m1/s1. The molecule has 2 atom stereocenters. The monoisotopic (exact) mass is 436 g/mol. The van der Waals surface area contributed by atoms with Crippen LogP contribution in [0, 0.1) is 5.92 Å². The van der Waals surface area contributed by atoms with E-state index in [4.69, 9.17) is 5.10 Å². The molecular weight excluding hydrogens is 400 g/mol. The molecule has 3 aliphatic rings. The van der Waals surface area contributed by atoms with E-state index in [9.17, 15) is 9.59 Å². The zero-order valence-corrected chi connectivity index (χ0v) is 19.3. The fourth-order valence-electron chi connectivity index (χ4n) is 6.30. The van der Waals surface area contributed by atoms with Crippen LogP contribution in [0.5, 0.6) is 0 Å². The highest BCUT2D eigenvalue weighted by molar-refractivity contribution is 6.02. The average molecular weight is 437 g/mol. The van der Waals surface area contributed by atoms with Crippen molar-refractivity contribution in [3.63, 3.8) is 0 Å². The smallest absolute Gasteiger partial charge is 0.235 e. The summed E-state index contributed by atoms with van der Waals surface area (Å²) in [6, 6.07) is 6.44. The fourth-order valence-corrected chi connectivity index (χ4v) is 6.30. The molecule has 32 heavy (non-hydrogen) atoms. The van der Waals surface area contributed by atoms with Crippen LogP contribution in [0.3, 0.4) is 0 Å². The summed E-state index contributed by atoms with van der Waals surface area (Å²) in [6.45, 7) is 3.50. The van der Waals surface area contributed by atoms with E-state index in [-0.39, 0.29) is 17.7 Å². The number of aryl methyl sites for hydroxylation is 1. The van der Waals surface area contributed by atoms with Crippen molar-refractivity contribution in [3.8, 4) is 0 Å². The number of hydrogen-bond acceptors (Lipinski definition) is 4. The second-order valence-corrected chi connectivity index (χ2v) is 10.2. The van der Waals surface area contributed by atoms with E-state index in [0.29, 0.717) is 18.8 Å². The maximum absolute atomic E-state index is 12.5. The number of para-hydroxylation sites is 1. The number of nitrogens with one attached hydrogen (secondary N) is 1. The summed E-state index contributed by atoms with van der Waals surface area (Å²) < 4.78 is 1.95. The van der Waals surface area contributed by atoms with E-state index in [1.54, 1.807) is 0 Å². The molecule has 1 N–H and O–H groups in total. The molecule has 6 heteroatoms. The van der Waals surface area contributed by atoms with E-state index >= 15 is 0 Å². The minimum absolute atomic E-state index is 0.179. The van der Waals surface area contributed by atoms with Gasteiger partial charge in [-0.05, 0) is 56.2 Å². The molecule has 1 aromatic carbocycles. The summed E-state index contributed by atoms with van der Waals surface area (Å²) in [5.41, 5.74) is 3.32. The highest BCUT2D eigenvalue weighted by Crippen LogP contribution is 2.37. The predicted octanol–water partition coefficient (Wildman–Crippen LogP) is 4.24. The van der Waals surface area contributed by atoms with Gasteiger partial charge in [-0.15, -0.1) is 0 Å². The maximum atomic E-state index is 12.5. The minimum Gasteiger partial charge on any atom is -0.303 e. The first-order valence-electron chi connectivity index (χ1n) is 12.6. The van der Waals surface area contributed by atoms with Crippen LogP contribution in [-0.2, 0) is 16.6 Å². The Morgan fingerprint density at radius 1 is 1.09 bits per heavy atom. The van der Waals surface area contributed by atoms with Crippen molar-refractivity contribution in [3.05, 3.63) is 29.5 Å². The first kappa shape index (κ1) is 21.6. The Kier molecular flexibility index (Phi) is 6.31. The lowest BCUT2D eigenvalue weighted by molar-refractivity contribution is -0.134. The van der Waals surface area contributed by atoms with Gasteiger partial charge >= 0.3 is 0 Å². The third-order valence-corrected chi connectivity index (χ3v) is 8.02. The molecule has 2 aliphatic heterocycles. The molecule has 1 unspecified atom stereocenters.